The third-order valence-corrected chi connectivity index (χ3v) is 9.10. The van der Waals surface area contributed by atoms with Crippen LogP contribution in [0.15, 0.2) is 30.3 Å². The molecule has 0 amide bonds. The van der Waals surface area contributed by atoms with Gasteiger partial charge in [-0.05, 0) is 0 Å². The molecule has 2 aromatic rings. The predicted molar refractivity (Wildman–Crippen MR) is 84.4 cm³/mol. The Morgan fingerprint density at radius 1 is 1.16 bits per heavy atom. The Bertz CT molecular complexity index is 590. The van der Waals surface area contributed by atoms with Gasteiger partial charge in [-0.1, -0.05) is 0 Å². The summed E-state index contributed by atoms with van der Waals surface area (Å²) in [5.41, 5.74) is 0. The summed E-state index contributed by atoms with van der Waals surface area (Å²) in [6.45, 7) is 0.269. The predicted octanol–water partition coefficient (Wildman–Crippen LogP) is 4.02. The van der Waals surface area contributed by atoms with Crippen molar-refractivity contribution in [2.45, 2.75) is 14.8 Å². The molecule has 0 radical (unpaired) electrons. The molecule has 0 aliphatic heterocycles. The second-order valence-electron chi connectivity index (χ2n) is 5.61. The summed E-state index contributed by atoms with van der Waals surface area (Å²) in [6, 6.07) is 10.2. The van der Waals surface area contributed by atoms with Gasteiger partial charge in [-0.2, -0.15) is 0 Å². The molecule has 0 saturated carbocycles. The summed E-state index contributed by atoms with van der Waals surface area (Å²) in [5, 5.41) is 3.16. The van der Waals surface area contributed by atoms with Crippen molar-refractivity contribution in [3.8, 4) is 5.75 Å². The maximum absolute atomic E-state index is 6.39. The molecular formula is C15H19ClO2Sn. The van der Waals surface area contributed by atoms with Crippen LogP contribution in [0.25, 0.3) is 10.8 Å². The van der Waals surface area contributed by atoms with E-state index in [0.717, 1.165) is 16.2 Å². The van der Waals surface area contributed by atoms with E-state index in [1.807, 2.05) is 18.2 Å². The van der Waals surface area contributed by atoms with Gasteiger partial charge >= 0.3 is 124 Å². The molecule has 19 heavy (non-hydrogen) atoms. The Labute approximate surface area is 123 Å². The van der Waals surface area contributed by atoms with Crippen LogP contribution in [-0.4, -0.2) is 32.3 Å². The van der Waals surface area contributed by atoms with Crippen LogP contribution in [0, 0.1) is 0 Å². The number of halogens is 1. The fourth-order valence-electron chi connectivity index (χ4n) is 2.16. The van der Waals surface area contributed by atoms with Crippen LogP contribution in [0.4, 0.5) is 0 Å². The first-order chi connectivity index (χ1) is 8.93. The normalized spacial score (nSPS) is 11.8. The van der Waals surface area contributed by atoms with E-state index in [4.69, 9.17) is 21.1 Å². The van der Waals surface area contributed by atoms with Gasteiger partial charge in [0.2, 0.25) is 0 Å². The average molecular weight is 385 g/mol. The minimum atomic E-state index is -2.27. The Hall–Kier alpha value is -0.451. The van der Waals surface area contributed by atoms with Crippen molar-refractivity contribution in [2.75, 3.05) is 13.9 Å². The number of hydrogen-bond acceptors (Lipinski definition) is 2. The van der Waals surface area contributed by atoms with Crippen LogP contribution in [0.1, 0.15) is 0 Å². The molecule has 0 aliphatic rings. The van der Waals surface area contributed by atoms with Gasteiger partial charge < -0.3 is 0 Å². The van der Waals surface area contributed by atoms with Gasteiger partial charge in [-0.15, -0.1) is 0 Å². The zero-order chi connectivity index (χ0) is 14.0. The zero-order valence-corrected chi connectivity index (χ0v) is 15.4. The molecular weight excluding hydrogens is 366 g/mol. The third-order valence-electron chi connectivity index (χ3n) is 3.05. The summed E-state index contributed by atoms with van der Waals surface area (Å²) in [5.74, 6) is 0.859. The van der Waals surface area contributed by atoms with Crippen molar-refractivity contribution in [1.29, 1.82) is 0 Å². The average Bonchev–Trinajstić information content (AvgIpc) is 2.34. The molecule has 4 heteroatoms. The number of hydrogen-bond donors (Lipinski definition) is 0. The van der Waals surface area contributed by atoms with Crippen molar-refractivity contribution in [1.82, 2.24) is 0 Å². The Morgan fingerprint density at radius 2 is 1.89 bits per heavy atom. The van der Waals surface area contributed by atoms with Crippen LogP contribution < -0.4 is 8.32 Å². The molecule has 0 saturated heterocycles. The summed E-state index contributed by atoms with van der Waals surface area (Å²) in [6.07, 6.45) is 0. The Morgan fingerprint density at radius 3 is 2.53 bits per heavy atom. The van der Waals surface area contributed by atoms with E-state index >= 15 is 0 Å². The van der Waals surface area contributed by atoms with Crippen molar-refractivity contribution >= 4 is 44.3 Å². The molecule has 0 aromatic heterocycles. The van der Waals surface area contributed by atoms with Crippen LogP contribution in [0.5, 0.6) is 5.75 Å². The fraction of sp³-hybridized carbons (Fsp3) is 0.333. The second-order valence-corrected chi connectivity index (χ2v) is 20.4. The molecule has 102 valence electrons. The number of benzene rings is 2. The molecule has 0 heterocycles. The molecule has 0 aliphatic carbocycles. The number of fused-ring (bicyclic) bond motifs is 1. The van der Waals surface area contributed by atoms with Crippen LogP contribution in [0.2, 0.25) is 19.8 Å². The van der Waals surface area contributed by atoms with E-state index in [9.17, 15) is 0 Å². The molecule has 0 spiro atoms. The molecule has 2 rings (SSSR count). The summed E-state index contributed by atoms with van der Waals surface area (Å²) in [7, 11) is 1.63. The van der Waals surface area contributed by atoms with E-state index in [0.29, 0.717) is 0 Å². The molecule has 2 nitrogen and oxygen atoms in total. The van der Waals surface area contributed by atoms with E-state index < -0.39 is 18.4 Å². The first-order valence-corrected chi connectivity index (χ1v) is 16.6. The van der Waals surface area contributed by atoms with Crippen LogP contribution in [0.3, 0.4) is 0 Å². The Kier molecular flexibility index (Phi) is 4.64. The number of methoxy groups -OCH3 is 1. The van der Waals surface area contributed by atoms with Crippen LogP contribution >= 0.6 is 11.6 Å². The van der Waals surface area contributed by atoms with Crippen molar-refractivity contribution < 1.29 is 9.47 Å². The maximum atomic E-state index is 6.39. The second kappa shape index (κ2) is 5.90. The van der Waals surface area contributed by atoms with E-state index in [2.05, 4.69) is 27.0 Å². The van der Waals surface area contributed by atoms with Gasteiger partial charge in [0.05, 0.1) is 0 Å². The van der Waals surface area contributed by atoms with Gasteiger partial charge in [0.15, 0.2) is 0 Å². The Balaban J connectivity index is 2.66. The molecule has 2 aromatic carbocycles. The van der Waals surface area contributed by atoms with Gasteiger partial charge in [-0.25, -0.2) is 0 Å². The third kappa shape index (κ3) is 3.36. The van der Waals surface area contributed by atoms with E-state index in [-0.39, 0.29) is 6.79 Å². The molecule has 0 fully saturated rings. The zero-order valence-electron chi connectivity index (χ0n) is 11.8. The van der Waals surface area contributed by atoms with Crippen molar-refractivity contribution in [3.05, 3.63) is 35.4 Å². The minimum absolute atomic E-state index is 0.269. The number of rotatable bonds is 4. The summed E-state index contributed by atoms with van der Waals surface area (Å²) in [4.78, 5) is 7.15. The van der Waals surface area contributed by atoms with Gasteiger partial charge in [0.1, 0.15) is 0 Å². The molecule has 0 atom stereocenters. The van der Waals surface area contributed by atoms with Gasteiger partial charge in [0, 0.05) is 0 Å². The van der Waals surface area contributed by atoms with Crippen molar-refractivity contribution in [2.24, 2.45) is 0 Å². The first kappa shape index (κ1) is 14.9. The van der Waals surface area contributed by atoms with Crippen molar-refractivity contribution in [3.63, 3.8) is 0 Å². The summed E-state index contributed by atoms with van der Waals surface area (Å²) < 4.78 is 12.0. The molecule has 0 unspecified atom stereocenters. The standard InChI is InChI=1S/C12H10ClO2.3CH3.Sn/c1-14-8-15-10-5-6-11-9(7-10)3-2-4-12(11)13;;;;/h2-5,7H,8H2,1H3;3*1H3;. The first-order valence-electron chi connectivity index (χ1n) is 6.28. The molecule has 0 bridgehead atoms. The number of ether oxygens (including phenoxy) is 2. The van der Waals surface area contributed by atoms with Gasteiger partial charge in [0.25, 0.3) is 0 Å². The topological polar surface area (TPSA) is 18.5 Å². The quantitative estimate of drug-likeness (QED) is 0.585. The monoisotopic (exact) mass is 386 g/mol. The SMILES string of the molecule is COCOc1c[c]([Sn]([CH3])([CH3])[CH3])c2c(Cl)cccc2c1. The summed E-state index contributed by atoms with van der Waals surface area (Å²) >= 11 is 4.12. The van der Waals surface area contributed by atoms with E-state index in [1.54, 1.807) is 7.11 Å². The van der Waals surface area contributed by atoms with Crippen LogP contribution in [-0.2, 0) is 4.74 Å². The fourth-order valence-corrected chi connectivity index (χ4v) is 7.24. The molecule has 0 N–H and O–H groups in total. The van der Waals surface area contributed by atoms with Gasteiger partial charge in [-0.3, -0.25) is 0 Å². The van der Waals surface area contributed by atoms with E-state index in [1.165, 1.54) is 8.97 Å².